The fourth-order valence-electron chi connectivity index (χ4n) is 2.57. The number of hydrogen-bond donors (Lipinski definition) is 2. The Morgan fingerprint density at radius 3 is 2.91 bits per heavy atom. The quantitative estimate of drug-likeness (QED) is 0.859. The maximum atomic E-state index is 13.1. The molecule has 124 valence electrons. The second kappa shape index (κ2) is 7.08. The van der Waals surface area contributed by atoms with Gasteiger partial charge in [0.1, 0.15) is 11.4 Å². The Kier molecular flexibility index (Phi) is 4.90. The third kappa shape index (κ3) is 4.07. The van der Waals surface area contributed by atoms with Crippen molar-refractivity contribution in [3.63, 3.8) is 0 Å². The first kappa shape index (κ1) is 15.9. The van der Waals surface area contributed by atoms with Crippen molar-refractivity contribution in [1.29, 1.82) is 0 Å². The maximum absolute atomic E-state index is 13.1. The molecule has 1 aliphatic heterocycles. The minimum Gasteiger partial charge on any atom is -0.451 e. The summed E-state index contributed by atoms with van der Waals surface area (Å²) in [5.74, 6) is -0.710. The standard InChI is InChI=1S/C16H19FN2O4/c17-12-1-2-14-11(7-12)8-15(23-14)16(21)18-9-13(20)10-19-3-5-22-6-4-19/h1-2,7-8,13,20H,3-6,9-10H2,(H,18,21). The minimum atomic E-state index is -0.668. The molecule has 1 fully saturated rings. The molecular formula is C16H19FN2O4. The van der Waals surface area contributed by atoms with Crippen LogP contribution in [0.15, 0.2) is 28.7 Å². The number of nitrogens with zero attached hydrogens (tertiary/aromatic N) is 1. The van der Waals surface area contributed by atoms with Gasteiger partial charge in [-0.05, 0) is 24.3 Å². The number of hydrogen-bond acceptors (Lipinski definition) is 5. The number of aliphatic hydroxyl groups excluding tert-OH is 1. The Morgan fingerprint density at radius 2 is 2.13 bits per heavy atom. The lowest BCUT2D eigenvalue weighted by Crippen LogP contribution is -2.44. The second-order valence-corrected chi connectivity index (χ2v) is 5.57. The van der Waals surface area contributed by atoms with Gasteiger partial charge < -0.3 is 19.6 Å². The van der Waals surface area contributed by atoms with Crippen molar-refractivity contribution in [2.75, 3.05) is 39.4 Å². The molecule has 6 nitrogen and oxygen atoms in total. The molecule has 0 radical (unpaired) electrons. The van der Waals surface area contributed by atoms with E-state index in [1.165, 1.54) is 24.3 Å². The summed E-state index contributed by atoms with van der Waals surface area (Å²) in [5, 5.41) is 13.2. The molecular weight excluding hydrogens is 303 g/mol. The molecule has 1 atom stereocenters. The van der Waals surface area contributed by atoms with Crippen LogP contribution in [0.2, 0.25) is 0 Å². The third-order valence-electron chi connectivity index (χ3n) is 3.77. The highest BCUT2D eigenvalue weighted by Gasteiger charge is 2.17. The molecule has 1 aliphatic rings. The highest BCUT2D eigenvalue weighted by Crippen LogP contribution is 2.20. The first-order chi connectivity index (χ1) is 11.1. The van der Waals surface area contributed by atoms with E-state index in [0.29, 0.717) is 30.7 Å². The number of fused-ring (bicyclic) bond motifs is 1. The van der Waals surface area contributed by atoms with Crippen LogP contribution in [-0.2, 0) is 4.74 Å². The van der Waals surface area contributed by atoms with E-state index in [2.05, 4.69) is 10.2 Å². The van der Waals surface area contributed by atoms with E-state index in [9.17, 15) is 14.3 Å². The average Bonchev–Trinajstić information content (AvgIpc) is 2.96. The predicted octanol–water partition coefficient (Wildman–Crippen LogP) is 0.995. The van der Waals surface area contributed by atoms with Gasteiger partial charge in [0.05, 0.1) is 19.3 Å². The molecule has 1 amide bonds. The second-order valence-electron chi connectivity index (χ2n) is 5.57. The number of rotatable bonds is 5. The number of furan rings is 1. The van der Waals surface area contributed by atoms with Crippen molar-refractivity contribution < 1.29 is 23.4 Å². The van der Waals surface area contributed by atoms with Crippen LogP contribution < -0.4 is 5.32 Å². The lowest BCUT2D eigenvalue weighted by Gasteiger charge is -2.28. The van der Waals surface area contributed by atoms with Gasteiger partial charge in [-0.15, -0.1) is 0 Å². The summed E-state index contributed by atoms with van der Waals surface area (Å²) in [6.45, 7) is 3.49. The predicted molar refractivity (Wildman–Crippen MR) is 81.8 cm³/mol. The van der Waals surface area contributed by atoms with Crippen molar-refractivity contribution in [2.45, 2.75) is 6.10 Å². The zero-order chi connectivity index (χ0) is 16.2. The highest BCUT2D eigenvalue weighted by atomic mass is 19.1. The fourth-order valence-corrected chi connectivity index (χ4v) is 2.57. The normalized spacial score (nSPS) is 17.3. The van der Waals surface area contributed by atoms with Gasteiger partial charge in [0.15, 0.2) is 5.76 Å². The van der Waals surface area contributed by atoms with Crippen molar-refractivity contribution in [3.05, 3.63) is 35.8 Å². The van der Waals surface area contributed by atoms with Crippen LogP contribution in [0.4, 0.5) is 4.39 Å². The fraction of sp³-hybridized carbons (Fsp3) is 0.438. The average molecular weight is 322 g/mol. The van der Waals surface area contributed by atoms with Gasteiger partial charge in [-0.2, -0.15) is 0 Å². The van der Waals surface area contributed by atoms with Crippen molar-refractivity contribution >= 4 is 16.9 Å². The van der Waals surface area contributed by atoms with Crippen LogP contribution in [0.1, 0.15) is 10.6 Å². The zero-order valence-corrected chi connectivity index (χ0v) is 12.6. The summed E-state index contributed by atoms with van der Waals surface area (Å²) in [4.78, 5) is 14.1. The largest absolute Gasteiger partial charge is 0.451 e. The molecule has 0 saturated carbocycles. The summed E-state index contributed by atoms with van der Waals surface area (Å²) in [7, 11) is 0. The number of carbonyl (C=O) groups is 1. The molecule has 0 aliphatic carbocycles. The summed E-state index contributed by atoms with van der Waals surface area (Å²) < 4.78 is 23.8. The Hall–Kier alpha value is -1.96. The summed E-state index contributed by atoms with van der Waals surface area (Å²) >= 11 is 0. The molecule has 2 aromatic rings. The summed E-state index contributed by atoms with van der Waals surface area (Å²) in [5.41, 5.74) is 0.449. The van der Waals surface area contributed by atoms with E-state index in [4.69, 9.17) is 9.15 Å². The molecule has 0 spiro atoms. The lowest BCUT2D eigenvalue weighted by molar-refractivity contribution is 0.0148. The maximum Gasteiger partial charge on any atom is 0.287 e. The van der Waals surface area contributed by atoms with E-state index >= 15 is 0 Å². The molecule has 3 rings (SSSR count). The molecule has 1 saturated heterocycles. The molecule has 1 unspecified atom stereocenters. The van der Waals surface area contributed by atoms with Crippen LogP contribution in [0, 0.1) is 5.82 Å². The minimum absolute atomic E-state index is 0.101. The van der Waals surface area contributed by atoms with Crippen molar-refractivity contribution in [2.24, 2.45) is 0 Å². The smallest absolute Gasteiger partial charge is 0.287 e. The number of ether oxygens (including phenoxy) is 1. The van der Waals surface area contributed by atoms with E-state index in [-0.39, 0.29) is 18.1 Å². The van der Waals surface area contributed by atoms with Gasteiger partial charge in [-0.3, -0.25) is 9.69 Å². The van der Waals surface area contributed by atoms with E-state index in [1.807, 2.05) is 0 Å². The summed E-state index contributed by atoms with van der Waals surface area (Å²) in [6.07, 6.45) is -0.668. The zero-order valence-electron chi connectivity index (χ0n) is 12.6. The Labute approximate surface area is 132 Å². The van der Waals surface area contributed by atoms with Gasteiger partial charge in [0.25, 0.3) is 5.91 Å². The summed E-state index contributed by atoms with van der Waals surface area (Å²) in [6, 6.07) is 5.55. The van der Waals surface area contributed by atoms with Crippen LogP contribution in [0.25, 0.3) is 11.0 Å². The lowest BCUT2D eigenvalue weighted by atomic mass is 10.2. The van der Waals surface area contributed by atoms with Crippen LogP contribution in [0.3, 0.4) is 0 Å². The van der Waals surface area contributed by atoms with E-state index < -0.39 is 12.0 Å². The van der Waals surface area contributed by atoms with E-state index in [1.54, 1.807) is 0 Å². The van der Waals surface area contributed by atoms with Crippen LogP contribution in [0.5, 0.6) is 0 Å². The molecule has 23 heavy (non-hydrogen) atoms. The number of nitrogens with one attached hydrogen (secondary N) is 1. The van der Waals surface area contributed by atoms with Crippen molar-refractivity contribution in [1.82, 2.24) is 10.2 Å². The first-order valence-electron chi connectivity index (χ1n) is 7.57. The third-order valence-corrected chi connectivity index (χ3v) is 3.77. The molecule has 7 heteroatoms. The van der Waals surface area contributed by atoms with Gasteiger partial charge in [-0.1, -0.05) is 0 Å². The van der Waals surface area contributed by atoms with Crippen LogP contribution >= 0.6 is 0 Å². The molecule has 1 aromatic heterocycles. The number of morpholine rings is 1. The van der Waals surface area contributed by atoms with E-state index in [0.717, 1.165) is 13.1 Å². The molecule has 2 N–H and O–H groups in total. The monoisotopic (exact) mass is 322 g/mol. The Morgan fingerprint density at radius 1 is 1.35 bits per heavy atom. The van der Waals surface area contributed by atoms with Crippen LogP contribution in [-0.4, -0.2) is 61.4 Å². The number of halogens is 1. The number of amides is 1. The number of benzene rings is 1. The SMILES string of the molecule is O=C(NCC(O)CN1CCOCC1)c1cc2cc(F)ccc2o1. The number of aliphatic hydroxyl groups is 1. The molecule has 2 heterocycles. The van der Waals surface area contributed by atoms with Gasteiger partial charge >= 0.3 is 0 Å². The molecule has 1 aromatic carbocycles. The molecule has 0 bridgehead atoms. The Bertz CT molecular complexity index is 682. The highest BCUT2D eigenvalue weighted by molar-refractivity contribution is 5.96. The first-order valence-corrected chi connectivity index (χ1v) is 7.57. The van der Waals surface area contributed by atoms with Gasteiger partial charge in [0, 0.05) is 31.6 Å². The van der Waals surface area contributed by atoms with Crippen molar-refractivity contribution in [3.8, 4) is 0 Å². The number of carbonyl (C=O) groups excluding carboxylic acids is 1. The number of β-amino-alcohol motifs (C(OH)–C–C–N with tert-alkyl or cyclic N) is 1. The topological polar surface area (TPSA) is 74.9 Å². The van der Waals surface area contributed by atoms with Gasteiger partial charge in [0.2, 0.25) is 0 Å². The Balaban J connectivity index is 1.53. The van der Waals surface area contributed by atoms with Gasteiger partial charge in [-0.25, -0.2) is 4.39 Å².